The summed E-state index contributed by atoms with van der Waals surface area (Å²) in [7, 11) is 0. The molecule has 6 nitrogen and oxygen atoms in total. The summed E-state index contributed by atoms with van der Waals surface area (Å²) in [5.41, 5.74) is 3.00. The Bertz CT molecular complexity index is 1360. The molecule has 0 radical (unpaired) electrons. The van der Waals surface area contributed by atoms with Crippen LogP contribution in [0.2, 0.25) is 0 Å². The van der Waals surface area contributed by atoms with Crippen molar-refractivity contribution in [3.05, 3.63) is 105 Å². The van der Waals surface area contributed by atoms with Crippen LogP contribution in [-0.4, -0.2) is 35.7 Å². The third-order valence-electron chi connectivity index (χ3n) is 7.27. The molecule has 1 atom stereocenters. The lowest BCUT2D eigenvalue weighted by Crippen LogP contribution is -2.48. The molecule has 0 aromatic heterocycles. The van der Waals surface area contributed by atoms with E-state index >= 15 is 0 Å². The largest absolute Gasteiger partial charge is 0.352 e. The van der Waals surface area contributed by atoms with E-state index in [0.717, 1.165) is 5.56 Å². The van der Waals surface area contributed by atoms with E-state index in [1.54, 1.807) is 31.2 Å². The molecule has 3 aromatic rings. The van der Waals surface area contributed by atoms with E-state index in [2.05, 4.69) is 26.6 Å². The van der Waals surface area contributed by atoms with Crippen LogP contribution >= 0.6 is 15.9 Å². The van der Waals surface area contributed by atoms with E-state index in [1.165, 1.54) is 17.0 Å². The zero-order valence-corrected chi connectivity index (χ0v) is 23.8. The maximum absolute atomic E-state index is 13.9. The molecule has 1 fully saturated rings. The number of nitrogens with zero attached hydrogens (tertiary/aromatic N) is 1. The third-order valence-corrected chi connectivity index (χ3v) is 7.87. The molecule has 1 unspecified atom stereocenters. The number of likely N-dealkylation sites (tertiary alicyclic amines) is 1. The highest BCUT2D eigenvalue weighted by Gasteiger charge is 2.31. The fraction of sp³-hybridized carbons (Fsp3) is 0.323. The van der Waals surface area contributed by atoms with Gasteiger partial charge in [0.1, 0.15) is 11.6 Å². The minimum absolute atomic E-state index is 0.152. The first-order chi connectivity index (χ1) is 19.2. The predicted molar refractivity (Wildman–Crippen MR) is 152 cm³/mol. The summed E-state index contributed by atoms with van der Waals surface area (Å²) in [6, 6.07) is 18.7. The van der Waals surface area contributed by atoms with Crippen LogP contribution in [0.4, 0.5) is 8.78 Å². The van der Waals surface area contributed by atoms with E-state index in [9.17, 15) is 23.2 Å². The normalized spacial score (nSPS) is 14.4. The summed E-state index contributed by atoms with van der Waals surface area (Å²) in [6.07, 6.45) is 2.03. The zero-order chi connectivity index (χ0) is 28.6. The minimum Gasteiger partial charge on any atom is -0.352 e. The van der Waals surface area contributed by atoms with Gasteiger partial charge in [-0.3, -0.25) is 14.4 Å². The maximum atomic E-state index is 13.9. The van der Waals surface area contributed by atoms with Crippen LogP contribution < -0.4 is 10.6 Å². The fourth-order valence-electron chi connectivity index (χ4n) is 4.80. The number of rotatable bonds is 8. The molecular formula is C31H32BrF2N3O3. The molecule has 40 heavy (non-hydrogen) atoms. The van der Waals surface area contributed by atoms with Crippen molar-refractivity contribution in [3.8, 4) is 0 Å². The number of nitrogens with one attached hydrogen (secondary N) is 2. The van der Waals surface area contributed by atoms with Gasteiger partial charge in [0.2, 0.25) is 5.91 Å². The van der Waals surface area contributed by atoms with Crippen LogP contribution in [0.3, 0.4) is 0 Å². The maximum Gasteiger partial charge on any atom is 0.311 e. The van der Waals surface area contributed by atoms with E-state index in [-0.39, 0.29) is 41.7 Å². The van der Waals surface area contributed by atoms with Gasteiger partial charge >= 0.3 is 11.8 Å². The van der Waals surface area contributed by atoms with Crippen LogP contribution in [0.25, 0.3) is 0 Å². The highest BCUT2D eigenvalue weighted by Crippen LogP contribution is 2.25. The quantitative estimate of drug-likeness (QED) is 0.336. The highest BCUT2D eigenvalue weighted by atomic mass is 79.9. The molecule has 3 amide bonds. The van der Waals surface area contributed by atoms with Gasteiger partial charge in [-0.1, -0.05) is 48.5 Å². The van der Waals surface area contributed by atoms with Crippen LogP contribution in [0.5, 0.6) is 0 Å². The number of carbonyl (C=O) groups is 3. The van der Waals surface area contributed by atoms with Crippen molar-refractivity contribution in [2.75, 3.05) is 13.1 Å². The molecular weight excluding hydrogens is 580 g/mol. The highest BCUT2D eigenvalue weighted by molar-refractivity contribution is 9.10. The summed E-state index contributed by atoms with van der Waals surface area (Å²) in [6.45, 7) is 2.46. The van der Waals surface area contributed by atoms with Crippen molar-refractivity contribution in [1.29, 1.82) is 0 Å². The first kappa shape index (κ1) is 29.4. The van der Waals surface area contributed by atoms with Gasteiger partial charge in [0.05, 0.1) is 10.5 Å². The molecule has 0 saturated carbocycles. The van der Waals surface area contributed by atoms with E-state index in [0.29, 0.717) is 42.4 Å². The minimum atomic E-state index is -0.734. The molecule has 2 N–H and O–H groups in total. The topological polar surface area (TPSA) is 78.5 Å². The fourth-order valence-corrected chi connectivity index (χ4v) is 5.19. The van der Waals surface area contributed by atoms with Crippen molar-refractivity contribution < 1.29 is 23.2 Å². The van der Waals surface area contributed by atoms with Gasteiger partial charge in [0.15, 0.2) is 0 Å². The lowest BCUT2D eigenvalue weighted by Gasteiger charge is -2.31. The summed E-state index contributed by atoms with van der Waals surface area (Å²) in [5.74, 6) is -2.56. The van der Waals surface area contributed by atoms with Crippen LogP contribution in [0, 0.1) is 24.5 Å². The molecule has 1 heterocycles. The van der Waals surface area contributed by atoms with Gasteiger partial charge in [-0.25, -0.2) is 8.78 Å². The second kappa shape index (κ2) is 13.7. The number of piperidine rings is 1. The molecule has 1 aliphatic heterocycles. The summed E-state index contributed by atoms with van der Waals surface area (Å²) in [4.78, 5) is 40.2. The first-order valence-corrected chi connectivity index (χ1v) is 14.1. The lowest BCUT2D eigenvalue weighted by molar-refractivity contribution is -0.147. The standard InChI is InChI=1S/C31H32BrF2N3O3/c1-20-7-8-22(17-27(20)34)19-35-29(38)23-13-15-37(16-14-23)31(40)30(39)36-28(12-9-21-5-3-2-4-6-21)24-10-11-26(33)25(32)18-24/h2-8,10-11,17-18,23,28H,9,12-16,19H2,1H3,(H,35,38)(H,36,39). The number of hydrogen-bond acceptors (Lipinski definition) is 3. The Labute approximate surface area is 241 Å². The summed E-state index contributed by atoms with van der Waals surface area (Å²) in [5, 5.41) is 5.69. The Balaban J connectivity index is 1.32. The monoisotopic (exact) mass is 611 g/mol. The second-order valence-corrected chi connectivity index (χ2v) is 10.9. The Morgan fingerprint density at radius 1 is 0.950 bits per heavy atom. The van der Waals surface area contributed by atoms with Crippen molar-refractivity contribution in [3.63, 3.8) is 0 Å². The average Bonchev–Trinajstić information content (AvgIpc) is 2.97. The van der Waals surface area contributed by atoms with Crippen molar-refractivity contribution >= 4 is 33.7 Å². The summed E-state index contributed by atoms with van der Waals surface area (Å²) < 4.78 is 27.9. The summed E-state index contributed by atoms with van der Waals surface area (Å²) >= 11 is 3.20. The van der Waals surface area contributed by atoms with Gasteiger partial charge in [0, 0.05) is 25.6 Å². The second-order valence-electron chi connectivity index (χ2n) is 10.1. The first-order valence-electron chi connectivity index (χ1n) is 13.3. The Kier molecular flexibility index (Phi) is 10.0. The molecule has 9 heteroatoms. The number of halogens is 3. The predicted octanol–water partition coefficient (Wildman–Crippen LogP) is 5.38. The van der Waals surface area contributed by atoms with Crippen LogP contribution in [0.15, 0.2) is 71.2 Å². The molecule has 0 aliphatic carbocycles. The van der Waals surface area contributed by atoms with Gasteiger partial charge < -0.3 is 15.5 Å². The van der Waals surface area contributed by atoms with Crippen molar-refractivity contribution in [1.82, 2.24) is 15.5 Å². The van der Waals surface area contributed by atoms with Crippen molar-refractivity contribution in [2.24, 2.45) is 5.92 Å². The van der Waals surface area contributed by atoms with Crippen LogP contribution in [0.1, 0.15) is 47.6 Å². The van der Waals surface area contributed by atoms with E-state index < -0.39 is 23.7 Å². The van der Waals surface area contributed by atoms with Crippen molar-refractivity contribution in [2.45, 2.75) is 45.2 Å². The van der Waals surface area contributed by atoms with E-state index in [4.69, 9.17) is 0 Å². The smallest absolute Gasteiger partial charge is 0.311 e. The SMILES string of the molecule is Cc1ccc(CNC(=O)C2CCN(C(=O)C(=O)NC(CCc3ccccc3)c3ccc(F)c(Br)c3)CC2)cc1F. The molecule has 0 bridgehead atoms. The molecule has 3 aromatic carbocycles. The lowest BCUT2D eigenvalue weighted by atomic mass is 9.95. The van der Waals surface area contributed by atoms with Gasteiger partial charge in [-0.15, -0.1) is 0 Å². The molecule has 1 aliphatic rings. The molecule has 1 saturated heterocycles. The van der Waals surface area contributed by atoms with Gasteiger partial charge in [-0.2, -0.15) is 0 Å². The Morgan fingerprint density at radius 2 is 1.68 bits per heavy atom. The number of carbonyl (C=O) groups excluding carboxylic acids is 3. The number of aryl methyl sites for hydroxylation is 2. The molecule has 4 rings (SSSR count). The molecule has 210 valence electrons. The average molecular weight is 613 g/mol. The Morgan fingerprint density at radius 3 is 2.35 bits per heavy atom. The Hall–Kier alpha value is -3.59. The van der Waals surface area contributed by atoms with Gasteiger partial charge in [0.25, 0.3) is 0 Å². The van der Waals surface area contributed by atoms with E-state index in [1.807, 2.05) is 30.3 Å². The number of hydrogen-bond donors (Lipinski definition) is 2. The number of amides is 3. The number of benzene rings is 3. The zero-order valence-electron chi connectivity index (χ0n) is 22.3. The van der Waals surface area contributed by atoms with Gasteiger partial charge in [-0.05, 0) is 89.0 Å². The third kappa shape index (κ3) is 7.75. The van der Waals surface area contributed by atoms with Crippen LogP contribution in [-0.2, 0) is 27.3 Å². The molecule has 0 spiro atoms.